The van der Waals surface area contributed by atoms with Gasteiger partial charge in [-0.25, -0.2) is 14.4 Å². The van der Waals surface area contributed by atoms with Crippen LogP contribution in [0.15, 0.2) is 35.4 Å². The van der Waals surface area contributed by atoms with Crippen molar-refractivity contribution in [2.45, 2.75) is 42.6 Å². The molecule has 6 nitrogen and oxygen atoms in total. The second-order valence-corrected chi connectivity index (χ2v) is 11.3. The van der Waals surface area contributed by atoms with E-state index in [4.69, 9.17) is 4.74 Å². The highest BCUT2D eigenvalue weighted by molar-refractivity contribution is 8.45. The number of halogens is 6. The lowest BCUT2D eigenvalue weighted by atomic mass is 9.88. The first-order chi connectivity index (χ1) is 16.3. The van der Waals surface area contributed by atoms with E-state index in [1.165, 1.54) is 4.90 Å². The normalized spacial score (nSPS) is 21.8. The number of nitrogens with zero attached hydrogens (tertiary/aromatic N) is 3. The molecule has 2 saturated heterocycles. The molecule has 1 N–H and O–H groups in total. The van der Waals surface area contributed by atoms with Crippen molar-refractivity contribution < 1.29 is 33.4 Å². The van der Waals surface area contributed by atoms with Crippen LogP contribution < -0.4 is 0 Å². The van der Waals surface area contributed by atoms with Crippen molar-refractivity contribution in [1.29, 1.82) is 0 Å². The molecule has 0 aliphatic carbocycles. The van der Waals surface area contributed by atoms with Crippen LogP contribution in [0, 0.1) is 5.82 Å². The molecule has 1 atom stereocenters. The Morgan fingerprint density at radius 1 is 1.06 bits per heavy atom. The number of carbonyl (C=O) groups excluding carboxylic acids is 1. The van der Waals surface area contributed by atoms with E-state index in [0.29, 0.717) is 42.0 Å². The number of piperidine rings is 1. The van der Waals surface area contributed by atoms with Gasteiger partial charge < -0.3 is 14.6 Å². The second-order valence-electron chi connectivity index (χ2n) is 8.90. The first-order valence-electron chi connectivity index (χ1n) is 11.1. The third kappa shape index (κ3) is 4.70. The Morgan fingerprint density at radius 2 is 1.74 bits per heavy atom. The van der Waals surface area contributed by atoms with Gasteiger partial charge in [-0.2, -0.15) is 0 Å². The Bertz CT molecular complexity index is 1280. The minimum Gasteiger partial charge on any atom is -0.370 e. The zero-order chi connectivity index (χ0) is 25.1. The van der Waals surface area contributed by atoms with Crippen molar-refractivity contribution in [3.8, 4) is 0 Å². The Morgan fingerprint density at radius 3 is 2.34 bits per heavy atom. The number of aromatic nitrogens is 3. The third-order valence-electron chi connectivity index (χ3n) is 6.50. The fraction of sp³-hybridized carbons (Fsp3) is 0.409. The lowest BCUT2D eigenvalue weighted by molar-refractivity contribution is 0.0712. The molecule has 0 saturated carbocycles. The molecular formula is C22H22F6N4O2S. The summed E-state index contributed by atoms with van der Waals surface area (Å²) < 4.78 is 85.1. The van der Waals surface area contributed by atoms with E-state index in [1.807, 2.05) is 0 Å². The molecule has 4 heterocycles. The van der Waals surface area contributed by atoms with Gasteiger partial charge in [-0.3, -0.25) is 4.79 Å². The van der Waals surface area contributed by atoms with E-state index >= 15 is 0 Å². The number of pyridine rings is 1. The van der Waals surface area contributed by atoms with Gasteiger partial charge in [-0.1, -0.05) is 19.4 Å². The number of fused-ring (bicyclic) bond motifs is 1. The van der Waals surface area contributed by atoms with Crippen molar-refractivity contribution in [1.82, 2.24) is 19.9 Å². The molecular weight excluding hydrogens is 498 g/mol. The summed E-state index contributed by atoms with van der Waals surface area (Å²) in [6.45, 7) is 1.08. The van der Waals surface area contributed by atoms with Crippen molar-refractivity contribution in [3.63, 3.8) is 0 Å². The Hall–Kier alpha value is -2.80. The van der Waals surface area contributed by atoms with Gasteiger partial charge in [0, 0.05) is 30.8 Å². The smallest absolute Gasteiger partial charge is 0.310 e. The maximum absolute atomic E-state index is 14.8. The van der Waals surface area contributed by atoms with Crippen molar-refractivity contribution in [2.24, 2.45) is 0 Å². The van der Waals surface area contributed by atoms with E-state index in [-0.39, 0.29) is 42.8 Å². The van der Waals surface area contributed by atoms with Crippen LogP contribution in [0.25, 0.3) is 11.2 Å². The first kappa shape index (κ1) is 23.9. The van der Waals surface area contributed by atoms with Crippen LogP contribution in [0.3, 0.4) is 0 Å². The Balaban J connectivity index is 1.32. The molecule has 3 aromatic rings. The van der Waals surface area contributed by atoms with E-state index in [1.54, 1.807) is 0 Å². The number of carbonyl (C=O) groups is 1. The number of H-pyrrole nitrogens is 1. The van der Waals surface area contributed by atoms with Gasteiger partial charge in [0.05, 0.1) is 11.7 Å². The minimum absolute atomic E-state index is 0.124. The lowest BCUT2D eigenvalue weighted by Gasteiger charge is -2.40. The number of imidazole rings is 1. The number of aromatic amines is 1. The van der Waals surface area contributed by atoms with Gasteiger partial charge in [0.1, 0.15) is 22.6 Å². The average Bonchev–Trinajstić information content (AvgIpc) is 3.47. The first-order valence-corrected chi connectivity index (χ1v) is 13.0. The quantitative estimate of drug-likeness (QED) is 0.392. The van der Waals surface area contributed by atoms with E-state index in [2.05, 4.69) is 15.0 Å². The molecule has 2 aliphatic rings. The third-order valence-corrected chi connectivity index (χ3v) is 7.66. The molecule has 0 spiro atoms. The summed E-state index contributed by atoms with van der Waals surface area (Å²) in [6.07, 6.45) is 3.45. The number of hydrogen-bond acceptors (Lipinski definition) is 4. The number of amides is 1. The number of nitrogens with one attached hydrogen (secondary N) is 1. The molecule has 0 unspecified atom stereocenters. The molecule has 2 aliphatic heterocycles. The molecule has 5 rings (SSSR count). The van der Waals surface area contributed by atoms with Crippen LogP contribution in [0.2, 0.25) is 0 Å². The average molecular weight is 520 g/mol. The van der Waals surface area contributed by atoms with Crippen LogP contribution in [0.5, 0.6) is 0 Å². The maximum atomic E-state index is 14.8. The standard InChI is InChI=1S/C22H22F6N4O2S/c23-16-12-29-21-19(30-20(31-21)17-2-1-11-34-17)18(16)13-7-9-32(10-8-13)22(33)14-3-5-15(6-4-14)35(24,25,26,27)28/h3-6,12-13,17H,1-2,7-11H2,(H,29,30,31)/t17-/m1/s1. The molecule has 190 valence electrons. The van der Waals surface area contributed by atoms with Gasteiger partial charge in [0.15, 0.2) is 5.65 Å². The molecule has 1 aromatic carbocycles. The molecule has 2 fully saturated rings. The highest BCUT2D eigenvalue weighted by atomic mass is 32.5. The SMILES string of the molecule is O=C(c1ccc(S(F)(F)(F)(F)F)cc1)N1CCC(c2c(F)cnc3nc([C@H]4CCCO4)[nH]c23)CC1. The Kier molecular flexibility index (Phi) is 5.19. The zero-order valence-corrected chi connectivity index (χ0v) is 19.1. The van der Waals surface area contributed by atoms with Crippen molar-refractivity contribution >= 4 is 27.3 Å². The summed E-state index contributed by atoms with van der Waals surface area (Å²) in [4.78, 5) is 23.8. The summed E-state index contributed by atoms with van der Waals surface area (Å²) in [5, 5.41) is 0. The highest BCUT2D eigenvalue weighted by Gasteiger charge is 2.65. The summed E-state index contributed by atoms with van der Waals surface area (Å²) in [7, 11) is -9.80. The van der Waals surface area contributed by atoms with Gasteiger partial charge in [0.2, 0.25) is 0 Å². The van der Waals surface area contributed by atoms with E-state index in [0.717, 1.165) is 31.2 Å². The number of hydrogen-bond donors (Lipinski definition) is 1. The molecule has 0 radical (unpaired) electrons. The van der Waals surface area contributed by atoms with Gasteiger partial charge in [-0.05, 0) is 55.9 Å². The molecule has 1 amide bonds. The fourth-order valence-electron chi connectivity index (χ4n) is 4.72. The van der Waals surface area contributed by atoms with E-state index < -0.39 is 26.8 Å². The summed E-state index contributed by atoms with van der Waals surface area (Å²) >= 11 is 0. The lowest BCUT2D eigenvalue weighted by Crippen LogP contribution is -2.38. The largest absolute Gasteiger partial charge is 0.370 e. The topological polar surface area (TPSA) is 71.1 Å². The maximum Gasteiger partial charge on any atom is 0.310 e. The van der Waals surface area contributed by atoms with Gasteiger partial charge in [0.25, 0.3) is 5.91 Å². The zero-order valence-electron chi connectivity index (χ0n) is 18.3. The van der Waals surface area contributed by atoms with Gasteiger partial charge >= 0.3 is 10.2 Å². The van der Waals surface area contributed by atoms with Gasteiger partial charge in [-0.15, -0.1) is 0 Å². The minimum atomic E-state index is -9.80. The van der Waals surface area contributed by atoms with Crippen LogP contribution >= 0.6 is 10.2 Å². The second kappa shape index (κ2) is 7.60. The number of benzene rings is 1. The number of ether oxygens (including phenoxy) is 1. The number of likely N-dealkylation sites (tertiary alicyclic amines) is 1. The molecule has 35 heavy (non-hydrogen) atoms. The Labute approximate surface area is 196 Å². The van der Waals surface area contributed by atoms with Crippen molar-refractivity contribution in [3.05, 3.63) is 53.2 Å². The van der Waals surface area contributed by atoms with Crippen LogP contribution in [0.1, 0.15) is 59.5 Å². The monoisotopic (exact) mass is 520 g/mol. The molecule has 0 bridgehead atoms. The predicted molar refractivity (Wildman–Crippen MR) is 117 cm³/mol. The van der Waals surface area contributed by atoms with E-state index in [9.17, 15) is 28.6 Å². The van der Waals surface area contributed by atoms with Crippen molar-refractivity contribution in [2.75, 3.05) is 19.7 Å². The summed E-state index contributed by atoms with van der Waals surface area (Å²) in [5.41, 5.74) is 1.18. The summed E-state index contributed by atoms with van der Waals surface area (Å²) in [5.74, 6) is -0.701. The predicted octanol–water partition coefficient (Wildman–Crippen LogP) is 6.63. The number of rotatable bonds is 4. The molecule has 13 heteroatoms. The van der Waals surface area contributed by atoms with Crippen LogP contribution in [0.4, 0.5) is 23.8 Å². The fourth-order valence-corrected chi connectivity index (χ4v) is 5.37. The molecule has 2 aromatic heterocycles. The van der Waals surface area contributed by atoms with Crippen LogP contribution in [-0.2, 0) is 4.74 Å². The highest BCUT2D eigenvalue weighted by Crippen LogP contribution is 3.02. The summed E-state index contributed by atoms with van der Waals surface area (Å²) in [6, 6.07) is 1.97. The van der Waals surface area contributed by atoms with Crippen LogP contribution in [-0.4, -0.2) is 45.5 Å².